The highest BCUT2D eigenvalue weighted by atomic mass is 35.5. The summed E-state index contributed by atoms with van der Waals surface area (Å²) in [5, 5.41) is 22.2. The first-order valence-electron chi connectivity index (χ1n) is 11.8. The Morgan fingerprint density at radius 1 is 0.944 bits per heavy atom. The summed E-state index contributed by atoms with van der Waals surface area (Å²) in [4.78, 5) is 13.0. The number of nitrogens with zero attached hydrogens (tertiary/aromatic N) is 1. The van der Waals surface area contributed by atoms with E-state index in [2.05, 4.69) is 0 Å². The highest BCUT2D eigenvalue weighted by molar-refractivity contribution is 6.30. The number of rotatable bonds is 14. The highest BCUT2D eigenvalue weighted by Gasteiger charge is 2.22. The number of halogens is 1. The number of aliphatic hydroxyl groups is 2. The number of hydrogen-bond donors (Lipinski definition) is 3. The van der Waals surface area contributed by atoms with Gasteiger partial charge in [-0.05, 0) is 60.9 Å². The molecule has 0 aliphatic heterocycles. The van der Waals surface area contributed by atoms with Crippen LogP contribution in [0.3, 0.4) is 0 Å². The second-order valence-corrected chi connectivity index (χ2v) is 9.19. The average Bonchev–Trinajstić information content (AvgIpc) is 2.87. The van der Waals surface area contributed by atoms with Gasteiger partial charge in [-0.3, -0.25) is 9.69 Å². The number of hydrogen-bond acceptors (Lipinski definition) is 6. The molecule has 7 nitrogen and oxygen atoms in total. The number of primary amides is 1. The lowest BCUT2D eigenvalue weighted by atomic mass is 10.0. The lowest BCUT2D eigenvalue weighted by molar-refractivity contribution is -0.119. The van der Waals surface area contributed by atoms with Crippen molar-refractivity contribution in [1.29, 1.82) is 0 Å². The van der Waals surface area contributed by atoms with E-state index >= 15 is 0 Å². The number of nitrogens with two attached hydrogens (primary N) is 1. The summed E-state index contributed by atoms with van der Waals surface area (Å²) in [7, 11) is 0. The minimum atomic E-state index is -0.780. The molecule has 192 valence electrons. The fourth-order valence-electron chi connectivity index (χ4n) is 3.85. The zero-order chi connectivity index (χ0) is 25.9. The molecule has 8 heteroatoms. The van der Waals surface area contributed by atoms with Crippen LogP contribution in [-0.4, -0.2) is 59.5 Å². The van der Waals surface area contributed by atoms with Crippen molar-refractivity contribution < 1.29 is 24.5 Å². The maximum atomic E-state index is 10.9. The Morgan fingerprint density at radius 2 is 1.64 bits per heavy atom. The molecule has 0 aliphatic carbocycles. The Labute approximate surface area is 217 Å². The van der Waals surface area contributed by atoms with Gasteiger partial charge in [-0.1, -0.05) is 54.1 Å². The maximum absolute atomic E-state index is 10.9. The first-order valence-corrected chi connectivity index (χ1v) is 12.2. The summed E-state index contributed by atoms with van der Waals surface area (Å²) >= 11 is 6.11. The fraction of sp³-hybridized carbons (Fsp3) is 0.321. The van der Waals surface area contributed by atoms with Crippen LogP contribution >= 0.6 is 11.6 Å². The van der Waals surface area contributed by atoms with Gasteiger partial charge in [0.05, 0.1) is 6.10 Å². The molecule has 0 spiro atoms. The smallest absolute Gasteiger partial charge is 0.255 e. The van der Waals surface area contributed by atoms with Gasteiger partial charge in [-0.25, -0.2) is 0 Å². The quantitative estimate of drug-likeness (QED) is 0.305. The molecule has 0 aliphatic rings. The molecule has 0 heterocycles. The Morgan fingerprint density at radius 3 is 2.31 bits per heavy atom. The molecule has 0 saturated heterocycles. The molecule has 4 N–H and O–H groups in total. The van der Waals surface area contributed by atoms with Crippen LogP contribution in [0.25, 0.3) is 0 Å². The van der Waals surface area contributed by atoms with Crippen LogP contribution in [0.5, 0.6) is 11.5 Å². The van der Waals surface area contributed by atoms with E-state index in [9.17, 15) is 15.0 Å². The third-order valence-electron chi connectivity index (χ3n) is 5.73. The molecular formula is C28H33ClN2O5. The lowest BCUT2D eigenvalue weighted by Crippen LogP contribution is -2.44. The molecule has 3 aromatic carbocycles. The van der Waals surface area contributed by atoms with Crippen molar-refractivity contribution in [1.82, 2.24) is 4.90 Å². The number of carbonyl (C=O) groups is 1. The van der Waals surface area contributed by atoms with Crippen molar-refractivity contribution >= 4 is 17.5 Å². The number of amides is 1. The molecule has 0 radical (unpaired) electrons. The van der Waals surface area contributed by atoms with Crippen molar-refractivity contribution in [2.75, 3.05) is 26.3 Å². The van der Waals surface area contributed by atoms with E-state index in [-0.39, 0.29) is 19.3 Å². The van der Waals surface area contributed by atoms with Gasteiger partial charge in [0, 0.05) is 24.2 Å². The van der Waals surface area contributed by atoms with Gasteiger partial charge in [0.15, 0.2) is 6.61 Å². The molecule has 3 rings (SSSR count). The summed E-state index contributed by atoms with van der Waals surface area (Å²) in [6.45, 7) is 2.63. The van der Waals surface area contributed by atoms with E-state index in [0.29, 0.717) is 41.6 Å². The van der Waals surface area contributed by atoms with Gasteiger partial charge in [0.25, 0.3) is 5.91 Å². The normalized spacial score (nSPS) is 13.7. The summed E-state index contributed by atoms with van der Waals surface area (Å²) < 4.78 is 11.0. The predicted octanol–water partition coefficient (Wildman–Crippen LogP) is 3.61. The fourth-order valence-corrected chi connectivity index (χ4v) is 4.05. The first-order chi connectivity index (χ1) is 17.3. The molecule has 1 amide bonds. The van der Waals surface area contributed by atoms with E-state index in [1.807, 2.05) is 60.4 Å². The molecule has 0 bridgehead atoms. The van der Waals surface area contributed by atoms with Gasteiger partial charge < -0.3 is 25.4 Å². The average molecular weight is 513 g/mol. The molecule has 0 fully saturated rings. The minimum Gasteiger partial charge on any atom is -0.491 e. The molecular weight excluding hydrogens is 480 g/mol. The Balaban J connectivity index is 1.66. The third kappa shape index (κ3) is 9.17. The van der Waals surface area contributed by atoms with Crippen molar-refractivity contribution in [2.45, 2.75) is 31.6 Å². The molecule has 3 atom stereocenters. The number of ether oxygens (including phenoxy) is 2. The monoisotopic (exact) mass is 512 g/mol. The summed E-state index contributed by atoms with van der Waals surface area (Å²) in [6.07, 6.45) is -0.869. The van der Waals surface area contributed by atoms with Crippen LogP contribution in [0.2, 0.25) is 5.02 Å². The number of carbonyl (C=O) groups excluding carboxylic acids is 1. The molecule has 3 aromatic rings. The van der Waals surface area contributed by atoms with Crippen LogP contribution in [0.15, 0.2) is 78.9 Å². The number of aliphatic hydroxyl groups excluding tert-OH is 2. The van der Waals surface area contributed by atoms with Crippen LogP contribution in [-0.2, 0) is 11.2 Å². The van der Waals surface area contributed by atoms with Gasteiger partial charge in [-0.2, -0.15) is 0 Å². The van der Waals surface area contributed by atoms with Crippen LogP contribution < -0.4 is 15.2 Å². The van der Waals surface area contributed by atoms with Crippen molar-refractivity contribution in [3.8, 4) is 11.5 Å². The maximum Gasteiger partial charge on any atom is 0.255 e. The van der Waals surface area contributed by atoms with Crippen molar-refractivity contribution in [2.24, 2.45) is 5.73 Å². The zero-order valence-electron chi connectivity index (χ0n) is 20.3. The van der Waals surface area contributed by atoms with E-state index < -0.39 is 18.1 Å². The van der Waals surface area contributed by atoms with Gasteiger partial charge in [-0.15, -0.1) is 0 Å². The number of para-hydroxylation sites is 1. The van der Waals surface area contributed by atoms with E-state index in [4.69, 9.17) is 26.8 Å². The largest absolute Gasteiger partial charge is 0.491 e. The number of benzene rings is 3. The second-order valence-electron chi connectivity index (χ2n) is 8.75. The van der Waals surface area contributed by atoms with Crippen molar-refractivity contribution in [3.63, 3.8) is 0 Å². The third-order valence-corrected chi connectivity index (χ3v) is 5.97. The second kappa shape index (κ2) is 13.8. The SMILES string of the molecule is C[C@H](Cc1ccc(OCC(N)=O)cc1)N(C[C@H](O)COc1ccccc1)C[C@H](O)c1cccc(Cl)c1. The van der Waals surface area contributed by atoms with Crippen LogP contribution in [0.1, 0.15) is 24.2 Å². The first kappa shape index (κ1) is 27.5. The topological polar surface area (TPSA) is 105 Å². The highest BCUT2D eigenvalue weighted by Crippen LogP contribution is 2.22. The summed E-state index contributed by atoms with van der Waals surface area (Å²) in [5.41, 5.74) is 6.89. The van der Waals surface area contributed by atoms with Crippen LogP contribution in [0.4, 0.5) is 0 Å². The van der Waals surface area contributed by atoms with E-state index in [1.54, 1.807) is 30.3 Å². The Kier molecular flexibility index (Phi) is 10.6. The minimum absolute atomic E-state index is 0.0115. The van der Waals surface area contributed by atoms with E-state index in [1.165, 1.54) is 0 Å². The van der Waals surface area contributed by atoms with E-state index in [0.717, 1.165) is 5.56 Å². The summed E-state index contributed by atoms with van der Waals surface area (Å²) in [5.74, 6) is 0.720. The Hall–Kier alpha value is -3.10. The van der Waals surface area contributed by atoms with Crippen molar-refractivity contribution in [3.05, 3.63) is 95.0 Å². The summed E-state index contributed by atoms with van der Waals surface area (Å²) in [6, 6.07) is 23.9. The lowest BCUT2D eigenvalue weighted by Gasteiger charge is -2.33. The molecule has 36 heavy (non-hydrogen) atoms. The molecule has 0 aromatic heterocycles. The van der Waals surface area contributed by atoms with Crippen LogP contribution in [0, 0.1) is 0 Å². The molecule has 0 saturated carbocycles. The van der Waals surface area contributed by atoms with Gasteiger partial charge in [0.2, 0.25) is 0 Å². The standard InChI is InChI=1S/C28H33ClN2O5/c1-20(14-21-10-12-26(13-11-21)36-19-28(30)34)31(17-27(33)22-6-5-7-23(29)15-22)16-24(32)18-35-25-8-3-2-4-9-25/h2-13,15,20,24,27,32-33H,14,16-19H2,1H3,(H2,30,34)/t20-,24+,27+/m1/s1. The zero-order valence-corrected chi connectivity index (χ0v) is 21.1. The molecule has 0 unspecified atom stereocenters. The van der Waals surface area contributed by atoms with Gasteiger partial charge >= 0.3 is 0 Å². The van der Waals surface area contributed by atoms with Gasteiger partial charge in [0.1, 0.15) is 24.2 Å². The Bertz CT molecular complexity index is 1080. The predicted molar refractivity (Wildman–Crippen MR) is 140 cm³/mol.